The second-order valence-electron chi connectivity index (χ2n) is 5.18. The third kappa shape index (κ3) is 3.18. The van der Waals surface area contributed by atoms with E-state index in [-0.39, 0.29) is 17.7 Å². The monoisotopic (exact) mass is 343 g/mol. The summed E-state index contributed by atoms with van der Waals surface area (Å²) in [5.74, 6) is -1.43. The van der Waals surface area contributed by atoms with E-state index in [9.17, 15) is 14.4 Å². The molecule has 0 unspecified atom stereocenters. The van der Waals surface area contributed by atoms with Crippen molar-refractivity contribution in [3.63, 3.8) is 0 Å². The second-order valence-corrected chi connectivity index (χ2v) is 6.42. The van der Waals surface area contributed by atoms with Gasteiger partial charge in [0.15, 0.2) is 0 Å². The Morgan fingerprint density at radius 3 is 2.67 bits per heavy atom. The van der Waals surface area contributed by atoms with Crippen LogP contribution >= 0.6 is 11.3 Å². The number of hydrogen-bond acceptors (Lipinski definition) is 5. The molecule has 3 aromatic rings. The van der Waals surface area contributed by atoms with Gasteiger partial charge in [0, 0.05) is 10.6 Å². The summed E-state index contributed by atoms with van der Waals surface area (Å²) in [6.07, 6.45) is 1.35. The van der Waals surface area contributed by atoms with Gasteiger partial charge in [0.25, 0.3) is 5.56 Å². The fourth-order valence-electron chi connectivity index (χ4n) is 2.24. The van der Waals surface area contributed by atoms with Crippen LogP contribution in [0.1, 0.15) is 15.2 Å². The first-order valence-electron chi connectivity index (χ1n) is 7.03. The molecule has 7 nitrogen and oxygen atoms in total. The number of carboxylic acid groups (broad SMARTS) is 1. The Kier molecular flexibility index (Phi) is 4.13. The molecule has 0 bridgehead atoms. The molecule has 2 aromatic heterocycles. The molecule has 0 radical (unpaired) electrons. The van der Waals surface area contributed by atoms with E-state index in [1.54, 1.807) is 6.07 Å². The molecule has 0 atom stereocenters. The van der Waals surface area contributed by atoms with Crippen molar-refractivity contribution in [2.45, 2.75) is 13.5 Å². The van der Waals surface area contributed by atoms with E-state index >= 15 is 0 Å². The lowest BCUT2D eigenvalue weighted by Gasteiger charge is -2.07. The lowest BCUT2D eigenvalue weighted by Crippen LogP contribution is -2.27. The molecule has 0 aliphatic heterocycles. The number of nitrogens with zero attached hydrogens (tertiary/aromatic N) is 2. The molecular weight excluding hydrogens is 330 g/mol. The molecule has 3 rings (SSSR count). The van der Waals surface area contributed by atoms with Crippen LogP contribution in [0.25, 0.3) is 10.2 Å². The molecule has 0 spiro atoms. The van der Waals surface area contributed by atoms with Gasteiger partial charge in [-0.2, -0.15) is 0 Å². The molecule has 2 N–H and O–H groups in total. The van der Waals surface area contributed by atoms with Crippen molar-refractivity contribution in [2.24, 2.45) is 0 Å². The number of amides is 1. The second kappa shape index (κ2) is 6.25. The van der Waals surface area contributed by atoms with Crippen molar-refractivity contribution >= 4 is 39.1 Å². The van der Waals surface area contributed by atoms with Crippen LogP contribution in [0.3, 0.4) is 0 Å². The number of benzene rings is 1. The van der Waals surface area contributed by atoms with Gasteiger partial charge in [-0.15, -0.1) is 11.3 Å². The summed E-state index contributed by atoms with van der Waals surface area (Å²) in [7, 11) is 0. The average Bonchev–Trinajstić information content (AvgIpc) is 2.92. The molecule has 0 saturated carbocycles. The number of rotatable bonds is 4. The number of carbonyl (C=O) groups excluding carboxylic acids is 1. The minimum atomic E-state index is -1.04. The van der Waals surface area contributed by atoms with Crippen LogP contribution < -0.4 is 10.9 Å². The maximum atomic E-state index is 12.3. The fraction of sp³-hybridized carbons (Fsp3) is 0.125. The van der Waals surface area contributed by atoms with Crippen LogP contribution in [0.2, 0.25) is 0 Å². The minimum Gasteiger partial charge on any atom is -0.478 e. The van der Waals surface area contributed by atoms with Crippen LogP contribution in [-0.2, 0) is 11.3 Å². The topological polar surface area (TPSA) is 101 Å². The Morgan fingerprint density at radius 2 is 2.00 bits per heavy atom. The van der Waals surface area contributed by atoms with Crippen molar-refractivity contribution < 1.29 is 14.7 Å². The number of carbonyl (C=O) groups is 2. The van der Waals surface area contributed by atoms with Gasteiger partial charge in [-0.3, -0.25) is 14.2 Å². The Labute approximate surface area is 140 Å². The maximum Gasteiger partial charge on any atom is 0.335 e. The summed E-state index contributed by atoms with van der Waals surface area (Å²) in [4.78, 5) is 41.0. The Morgan fingerprint density at radius 1 is 1.29 bits per heavy atom. The van der Waals surface area contributed by atoms with Gasteiger partial charge in [-0.05, 0) is 37.3 Å². The molecule has 1 aromatic carbocycles. The first-order chi connectivity index (χ1) is 11.4. The van der Waals surface area contributed by atoms with Gasteiger partial charge in [0.05, 0.1) is 17.3 Å². The SMILES string of the molecule is Cc1cc2c(=O)n(CC(=O)Nc3ccc(C(=O)O)cc3)cnc2s1. The molecule has 2 heterocycles. The summed E-state index contributed by atoms with van der Waals surface area (Å²) in [5, 5.41) is 12.0. The first-order valence-corrected chi connectivity index (χ1v) is 7.84. The van der Waals surface area contributed by atoms with Crippen molar-refractivity contribution in [1.82, 2.24) is 9.55 Å². The van der Waals surface area contributed by atoms with E-state index < -0.39 is 11.9 Å². The maximum absolute atomic E-state index is 12.3. The van der Waals surface area contributed by atoms with Gasteiger partial charge in [-0.1, -0.05) is 0 Å². The summed E-state index contributed by atoms with van der Waals surface area (Å²) >= 11 is 1.43. The highest BCUT2D eigenvalue weighted by molar-refractivity contribution is 7.18. The molecule has 8 heteroatoms. The van der Waals surface area contributed by atoms with E-state index in [1.165, 1.54) is 46.5 Å². The van der Waals surface area contributed by atoms with Gasteiger partial charge >= 0.3 is 5.97 Å². The summed E-state index contributed by atoms with van der Waals surface area (Å²) in [6, 6.07) is 7.54. The Balaban J connectivity index is 1.76. The van der Waals surface area contributed by atoms with Crippen molar-refractivity contribution in [3.8, 4) is 0 Å². The number of anilines is 1. The molecular formula is C16H13N3O4S. The predicted octanol–water partition coefficient (Wildman–Crippen LogP) is 2.10. The number of nitrogens with one attached hydrogen (secondary N) is 1. The zero-order valence-electron chi connectivity index (χ0n) is 12.6. The number of aromatic nitrogens is 2. The Bertz CT molecular complexity index is 989. The van der Waals surface area contributed by atoms with E-state index in [1.807, 2.05) is 6.92 Å². The third-order valence-corrected chi connectivity index (χ3v) is 4.33. The van der Waals surface area contributed by atoms with Crippen LogP contribution in [0, 0.1) is 6.92 Å². The third-order valence-electron chi connectivity index (χ3n) is 3.37. The van der Waals surface area contributed by atoms with E-state index in [2.05, 4.69) is 10.3 Å². The van der Waals surface area contributed by atoms with Crippen molar-refractivity contribution in [2.75, 3.05) is 5.32 Å². The van der Waals surface area contributed by atoms with Gasteiger partial charge in [0.1, 0.15) is 11.4 Å². The minimum absolute atomic E-state index is 0.131. The quantitative estimate of drug-likeness (QED) is 0.755. The van der Waals surface area contributed by atoms with E-state index in [0.717, 1.165) is 4.88 Å². The molecule has 1 amide bonds. The van der Waals surface area contributed by atoms with Crippen molar-refractivity contribution in [3.05, 3.63) is 57.5 Å². The molecule has 0 aliphatic rings. The highest BCUT2D eigenvalue weighted by atomic mass is 32.1. The largest absolute Gasteiger partial charge is 0.478 e. The first kappa shape index (κ1) is 15.9. The molecule has 0 fully saturated rings. The number of aromatic carboxylic acids is 1. The van der Waals surface area contributed by atoms with Crippen molar-refractivity contribution in [1.29, 1.82) is 0 Å². The highest BCUT2D eigenvalue weighted by Gasteiger charge is 2.11. The Hall–Kier alpha value is -3.00. The zero-order chi connectivity index (χ0) is 17.3. The van der Waals surface area contributed by atoms with Gasteiger partial charge in [-0.25, -0.2) is 9.78 Å². The molecule has 24 heavy (non-hydrogen) atoms. The lowest BCUT2D eigenvalue weighted by atomic mass is 10.2. The normalized spacial score (nSPS) is 10.7. The number of hydrogen-bond donors (Lipinski definition) is 2. The van der Waals surface area contributed by atoms with Crippen LogP contribution in [0.15, 0.2) is 41.5 Å². The number of aryl methyl sites for hydroxylation is 1. The predicted molar refractivity (Wildman–Crippen MR) is 90.6 cm³/mol. The smallest absolute Gasteiger partial charge is 0.335 e. The summed E-state index contributed by atoms with van der Waals surface area (Å²) < 4.78 is 1.25. The number of thiophene rings is 1. The fourth-order valence-corrected chi connectivity index (χ4v) is 3.08. The molecule has 0 aliphatic carbocycles. The standard InChI is InChI=1S/C16H13N3O4S/c1-9-6-12-14(24-9)17-8-19(15(12)21)7-13(20)18-11-4-2-10(3-5-11)16(22)23/h2-6,8H,7H2,1H3,(H,18,20)(H,22,23). The number of carboxylic acids is 1. The van der Waals surface area contributed by atoms with Crippen LogP contribution in [0.4, 0.5) is 5.69 Å². The summed E-state index contributed by atoms with van der Waals surface area (Å²) in [6.45, 7) is 1.72. The average molecular weight is 343 g/mol. The summed E-state index contributed by atoms with van der Waals surface area (Å²) in [5.41, 5.74) is 0.325. The zero-order valence-corrected chi connectivity index (χ0v) is 13.5. The highest BCUT2D eigenvalue weighted by Crippen LogP contribution is 2.19. The number of fused-ring (bicyclic) bond motifs is 1. The van der Waals surface area contributed by atoms with Gasteiger partial charge in [0.2, 0.25) is 5.91 Å². The van der Waals surface area contributed by atoms with E-state index in [0.29, 0.717) is 15.9 Å². The lowest BCUT2D eigenvalue weighted by molar-refractivity contribution is -0.116. The van der Waals surface area contributed by atoms with Gasteiger partial charge < -0.3 is 10.4 Å². The van der Waals surface area contributed by atoms with Crippen LogP contribution in [-0.4, -0.2) is 26.5 Å². The van der Waals surface area contributed by atoms with Crippen LogP contribution in [0.5, 0.6) is 0 Å². The molecule has 0 saturated heterocycles. The molecule has 122 valence electrons. The van der Waals surface area contributed by atoms with E-state index in [4.69, 9.17) is 5.11 Å².